The van der Waals surface area contributed by atoms with Crippen molar-refractivity contribution in [3.8, 4) is 6.07 Å². The maximum Gasteiger partial charge on any atom is 0.0641 e. The van der Waals surface area contributed by atoms with E-state index in [4.69, 9.17) is 0 Å². The van der Waals surface area contributed by atoms with Gasteiger partial charge in [-0.2, -0.15) is 5.26 Å². The first kappa shape index (κ1) is 16.0. The molecule has 0 aromatic heterocycles. The molecule has 1 N–H and O–H groups in total. The second-order valence-electron chi connectivity index (χ2n) is 6.29. The Hall–Kier alpha value is -1.37. The third-order valence-electron chi connectivity index (χ3n) is 4.40. The molecule has 0 spiro atoms. The molecule has 1 heterocycles. The minimum absolute atomic E-state index is 0.207. The van der Waals surface area contributed by atoms with Crippen LogP contribution in [0.5, 0.6) is 0 Å². The molecule has 1 saturated heterocycles. The molecule has 1 aliphatic heterocycles. The van der Waals surface area contributed by atoms with Crippen LogP contribution in [-0.4, -0.2) is 30.6 Å². The fraction of sp³-hybridized carbons (Fsp3) is 0.611. The summed E-state index contributed by atoms with van der Waals surface area (Å²) < 4.78 is 0. The van der Waals surface area contributed by atoms with Gasteiger partial charge in [0.1, 0.15) is 0 Å². The molecular formula is C18H27N3. The van der Waals surface area contributed by atoms with Crippen LogP contribution in [0, 0.1) is 17.2 Å². The molecule has 21 heavy (non-hydrogen) atoms. The van der Waals surface area contributed by atoms with Gasteiger partial charge in [-0.1, -0.05) is 30.3 Å². The molecule has 0 radical (unpaired) electrons. The summed E-state index contributed by atoms with van der Waals surface area (Å²) in [5, 5.41) is 12.7. The van der Waals surface area contributed by atoms with Crippen LogP contribution >= 0.6 is 0 Å². The molecule has 2 atom stereocenters. The summed E-state index contributed by atoms with van der Waals surface area (Å²) in [6.07, 6.45) is 3.12. The molecule has 0 saturated carbocycles. The quantitative estimate of drug-likeness (QED) is 0.871. The number of rotatable bonds is 6. The molecule has 1 aromatic carbocycles. The van der Waals surface area contributed by atoms with Crippen molar-refractivity contribution in [2.75, 3.05) is 19.6 Å². The average molecular weight is 285 g/mol. The number of nitrogens with zero attached hydrogens (tertiary/aromatic N) is 2. The van der Waals surface area contributed by atoms with E-state index in [0.717, 1.165) is 19.6 Å². The zero-order valence-electron chi connectivity index (χ0n) is 13.3. The van der Waals surface area contributed by atoms with Gasteiger partial charge in [-0.15, -0.1) is 0 Å². The smallest absolute Gasteiger partial charge is 0.0641 e. The molecule has 2 rings (SSSR count). The van der Waals surface area contributed by atoms with Crippen molar-refractivity contribution >= 4 is 0 Å². The van der Waals surface area contributed by atoms with E-state index in [1.54, 1.807) is 0 Å². The third kappa shape index (κ3) is 4.56. The molecule has 3 nitrogen and oxygen atoms in total. The molecule has 2 unspecified atom stereocenters. The lowest BCUT2D eigenvalue weighted by atomic mass is 9.95. The topological polar surface area (TPSA) is 39.1 Å². The highest BCUT2D eigenvalue weighted by molar-refractivity contribution is 5.20. The van der Waals surface area contributed by atoms with Crippen LogP contribution in [-0.2, 0) is 0 Å². The van der Waals surface area contributed by atoms with Gasteiger partial charge in [-0.25, -0.2) is 0 Å². The average Bonchev–Trinajstić information content (AvgIpc) is 2.52. The van der Waals surface area contributed by atoms with Gasteiger partial charge in [-0.3, -0.25) is 4.90 Å². The van der Waals surface area contributed by atoms with Crippen molar-refractivity contribution < 1.29 is 0 Å². The number of nitrogens with one attached hydrogen (secondary N) is 1. The Morgan fingerprint density at radius 1 is 1.33 bits per heavy atom. The molecule has 3 heteroatoms. The van der Waals surface area contributed by atoms with Crippen molar-refractivity contribution in [1.82, 2.24) is 10.2 Å². The van der Waals surface area contributed by atoms with E-state index >= 15 is 0 Å². The fourth-order valence-electron chi connectivity index (χ4n) is 3.26. The third-order valence-corrected chi connectivity index (χ3v) is 4.40. The summed E-state index contributed by atoms with van der Waals surface area (Å²) in [5.41, 5.74) is 1.26. The summed E-state index contributed by atoms with van der Waals surface area (Å²) in [6.45, 7) is 7.81. The molecule has 0 aliphatic carbocycles. The number of nitriles is 1. The van der Waals surface area contributed by atoms with Crippen LogP contribution in [0.1, 0.15) is 44.7 Å². The lowest BCUT2D eigenvalue weighted by Crippen LogP contribution is -2.43. The number of hydrogen-bond acceptors (Lipinski definition) is 3. The number of benzene rings is 1. The first-order valence-corrected chi connectivity index (χ1v) is 8.10. The van der Waals surface area contributed by atoms with Gasteiger partial charge in [0.25, 0.3) is 0 Å². The Labute approximate surface area is 129 Å². The first-order valence-electron chi connectivity index (χ1n) is 8.10. The van der Waals surface area contributed by atoms with Crippen molar-refractivity contribution in [2.24, 2.45) is 5.92 Å². The van der Waals surface area contributed by atoms with Crippen LogP contribution in [0.15, 0.2) is 30.3 Å². The lowest BCUT2D eigenvalue weighted by Gasteiger charge is -2.38. The van der Waals surface area contributed by atoms with Gasteiger partial charge >= 0.3 is 0 Å². The van der Waals surface area contributed by atoms with E-state index in [-0.39, 0.29) is 6.04 Å². The normalized spacial score (nSPS) is 20.4. The second kappa shape index (κ2) is 8.17. The van der Waals surface area contributed by atoms with E-state index in [1.165, 1.54) is 18.4 Å². The summed E-state index contributed by atoms with van der Waals surface area (Å²) in [5.74, 6) is 0.700. The number of piperidine rings is 1. The van der Waals surface area contributed by atoms with Crippen LogP contribution in [0.25, 0.3) is 0 Å². The molecule has 0 amide bonds. The summed E-state index contributed by atoms with van der Waals surface area (Å²) in [6, 6.07) is 13.5. The molecular weight excluding hydrogens is 258 g/mol. The van der Waals surface area contributed by atoms with Crippen molar-refractivity contribution in [3.63, 3.8) is 0 Å². The van der Waals surface area contributed by atoms with Crippen molar-refractivity contribution in [1.29, 1.82) is 5.26 Å². The van der Waals surface area contributed by atoms with E-state index in [0.29, 0.717) is 18.4 Å². The van der Waals surface area contributed by atoms with Crippen molar-refractivity contribution in [3.05, 3.63) is 35.9 Å². The highest BCUT2D eigenvalue weighted by Crippen LogP contribution is 2.28. The van der Waals surface area contributed by atoms with Gasteiger partial charge in [0, 0.05) is 18.6 Å². The summed E-state index contributed by atoms with van der Waals surface area (Å²) >= 11 is 0. The highest BCUT2D eigenvalue weighted by Gasteiger charge is 2.26. The minimum atomic E-state index is 0.207. The molecule has 1 fully saturated rings. The van der Waals surface area contributed by atoms with E-state index in [1.807, 2.05) is 6.07 Å². The van der Waals surface area contributed by atoms with Crippen LogP contribution in [0.2, 0.25) is 0 Å². The number of hydrogen-bond donors (Lipinski definition) is 1. The monoisotopic (exact) mass is 285 g/mol. The Morgan fingerprint density at radius 3 is 2.67 bits per heavy atom. The molecule has 1 aromatic rings. The summed E-state index contributed by atoms with van der Waals surface area (Å²) in [4.78, 5) is 2.51. The lowest BCUT2D eigenvalue weighted by molar-refractivity contribution is 0.119. The zero-order chi connectivity index (χ0) is 15.1. The molecule has 1 aliphatic rings. The fourth-order valence-corrected chi connectivity index (χ4v) is 3.26. The SMILES string of the molecule is CC(C)N(CC1CCCNC1)C(CC#N)c1ccccc1. The predicted molar refractivity (Wildman–Crippen MR) is 86.8 cm³/mol. The molecule has 114 valence electrons. The van der Waals surface area contributed by atoms with E-state index in [9.17, 15) is 5.26 Å². The Bertz CT molecular complexity index is 443. The Kier molecular flexibility index (Phi) is 6.22. The van der Waals surface area contributed by atoms with Crippen LogP contribution in [0.4, 0.5) is 0 Å². The highest BCUT2D eigenvalue weighted by atomic mass is 15.2. The second-order valence-corrected chi connectivity index (χ2v) is 6.29. The van der Waals surface area contributed by atoms with Crippen LogP contribution < -0.4 is 5.32 Å². The largest absolute Gasteiger partial charge is 0.316 e. The van der Waals surface area contributed by atoms with E-state index in [2.05, 4.69) is 54.4 Å². The Balaban J connectivity index is 2.14. The predicted octanol–water partition coefficient (Wildman–Crippen LogP) is 3.35. The van der Waals surface area contributed by atoms with Gasteiger partial charge < -0.3 is 5.32 Å². The summed E-state index contributed by atoms with van der Waals surface area (Å²) in [7, 11) is 0. The van der Waals surface area contributed by atoms with Gasteiger partial charge in [0.2, 0.25) is 0 Å². The van der Waals surface area contributed by atoms with Crippen molar-refractivity contribution in [2.45, 2.75) is 45.2 Å². The maximum atomic E-state index is 9.25. The minimum Gasteiger partial charge on any atom is -0.316 e. The standard InChI is InChI=1S/C18H27N3/c1-15(2)21(14-16-7-6-12-20-13-16)18(10-11-19)17-8-4-3-5-9-17/h3-5,8-9,15-16,18,20H,6-7,10,12-14H2,1-2H3. The van der Waals surface area contributed by atoms with E-state index < -0.39 is 0 Å². The van der Waals surface area contributed by atoms with Gasteiger partial charge in [-0.05, 0) is 51.3 Å². The zero-order valence-corrected chi connectivity index (χ0v) is 13.3. The Morgan fingerprint density at radius 2 is 2.10 bits per heavy atom. The maximum absolute atomic E-state index is 9.25. The molecule has 0 bridgehead atoms. The van der Waals surface area contributed by atoms with Gasteiger partial charge in [0.05, 0.1) is 12.5 Å². The van der Waals surface area contributed by atoms with Gasteiger partial charge in [0.15, 0.2) is 0 Å². The first-order chi connectivity index (χ1) is 10.2. The van der Waals surface area contributed by atoms with Crippen LogP contribution in [0.3, 0.4) is 0 Å².